The molecule has 5 aromatic rings. The Labute approximate surface area is 218 Å². The summed E-state index contributed by atoms with van der Waals surface area (Å²) < 4.78 is 2.21. The Kier molecular flexibility index (Phi) is 8.34. The number of fused-ring (bicyclic) bond motifs is 1. The van der Waals surface area contributed by atoms with Gasteiger partial charge in [-0.25, -0.2) is 9.97 Å². The average Bonchev–Trinajstić information content (AvgIpc) is 3.52. The Bertz CT molecular complexity index is 1410. The molecule has 0 aliphatic heterocycles. The van der Waals surface area contributed by atoms with Crippen molar-refractivity contribution >= 4 is 29.2 Å². The molecule has 0 radical (unpaired) electrons. The molecule has 6 heteroatoms. The van der Waals surface area contributed by atoms with Crippen LogP contribution in [0.15, 0.2) is 91.6 Å². The molecular weight excluding hydrogens is 468 g/mol. The van der Waals surface area contributed by atoms with Crippen LogP contribution in [0.4, 0.5) is 0 Å². The zero-order valence-electron chi connectivity index (χ0n) is 20.4. The van der Waals surface area contributed by atoms with E-state index in [-0.39, 0.29) is 24.1 Å². The van der Waals surface area contributed by atoms with Crippen LogP contribution in [-0.2, 0) is 17.8 Å². The molecule has 184 valence electrons. The van der Waals surface area contributed by atoms with Gasteiger partial charge < -0.3 is 9.55 Å². The molecule has 1 atom stereocenters. The molecule has 0 saturated heterocycles. The first kappa shape index (κ1) is 25.4. The van der Waals surface area contributed by atoms with Crippen LogP contribution in [0.2, 0.25) is 0 Å². The largest absolute Gasteiger partial charge is 0.348 e. The van der Waals surface area contributed by atoms with Crippen LogP contribution in [0.5, 0.6) is 0 Å². The van der Waals surface area contributed by atoms with Crippen molar-refractivity contribution in [3.05, 3.63) is 120 Å². The number of nitrogens with zero attached hydrogens (tertiary/aromatic N) is 3. The van der Waals surface area contributed by atoms with E-state index in [9.17, 15) is 4.79 Å². The molecule has 3 heterocycles. The van der Waals surface area contributed by atoms with E-state index in [2.05, 4.69) is 82.3 Å². The predicted molar refractivity (Wildman–Crippen MR) is 147 cm³/mol. The first-order valence-electron chi connectivity index (χ1n) is 12.2. The normalized spacial score (nSPS) is 11.8. The van der Waals surface area contributed by atoms with Gasteiger partial charge in [0.25, 0.3) is 0 Å². The molecule has 0 spiro atoms. The fraction of sp³-hybridized carbons (Fsp3) is 0.233. The van der Waals surface area contributed by atoms with E-state index in [4.69, 9.17) is 4.98 Å². The summed E-state index contributed by atoms with van der Waals surface area (Å²) in [6, 6.07) is 23.1. The van der Waals surface area contributed by atoms with Gasteiger partial charge in [-0.3, -0.25) is 4.79 Å². The van der Waals surface area contributed by atoms with E-state index < -0.39 is 0 Å². The highest BCUT2D eigenvalue weighted by molar-refractivity contribution is 5.85. The summed E-state index contributed by atoms with van der Waals surface area (Å²) in [5.74, 6) is 0.266. The van der Waals surface area contributed by atoms with Crippen molar-refractivity contribution in [3.63, 3.8) is 0 Å². The number of benzene rings is 2. The van der Waals surface area contributed by atoms with Gasteiger partial charge in [-0.15, -0.1) is 12.4 Å². The molecule has 5 nitrogen and oxygen atoms in total. The fourth-order valence-electron chi connectivity index (χ4n) is 4.85. The molecule has 0 amide bonds. The summed E-state index contributed by atoms with van der Waals surface area (Å²) in [5.41, 5.74) is 6.79. The van der Waals surface area contributed by atoms with Crippen molar-refractivity contribution in [3.8, 4) is 0 Å². The lowest BCUT2D eigenvalue weighted by Crippen LogP contribution is -2.09. The summed E-state index contributed by atoms with van der Waals surface area (Å²) in [5, 5.41) is 1.11. The Morgan fingerprint density at radius 1 is 1.06 bits per heavy atom. The second-order valence-electron chi connectivity index (χ2n) is 9.21. The van der Waals surface area contributed by atoms with Crippen LogP contribution < -0.4 is 0 Å². The van der Waals surface area contributed by atoms with Crippen molar-refractivity contribution in [2.45, 2.75) is 45.1 Å². The van der Waals surface area contributed by atoms with E-state index in [0.29, 0.717) is 12.8 Å². The minimum atomic E-state index is -0.0155. The van der Waals surface area contributed by atoms with Crippen molar-refractivity contribution in [1.82, 2.24) is 19.5 Å². The molecule has 36 heavy (non-hydrogen) atoms. The second kappa shape index (κ2) is 11.8. The first-order valence-corrected chi connectivity index (χ1v) is 12.2. The number of aryl methyl sites for hydroxylation is 2. The third-order valence-corrected chi connectivity index (χ3v) is 6.57. The lowest BCUT2D eigenvalue weighted by atomic mass is 9.85. The number of Topliss-reactive ketones (excluding diaryl/α,β-unsaturated/α-hetero) is 1. The van der Waals surface area contributed by atoms with Crippen molar-refractivity contribution in [1.29, 1.82) is 0 Å². The highest BCUT2D eigenvalue weighted by Crippen LogP contribution is 2.35. The van der Waals surface area contributed by atoms with E-state index in [1.807, 2.05) is 24.5 Å². The zero-order valence-corrected chi connectivity index (χ0v) is 21.2. The molecular formula is C30H31ClN4O. The van der Waals surface area contributed by atoms with E-state index >= 15 is 0 Å². The summed E-state index contributed by atoms with van der Waals surface area (Å²) in [4.78, 5) is 25.1. The second-order valence-corrected chi connectivity index (χ2v) is 9.21. The number of hydrogen-bond donors (Lipinski definition) is 1. The van der Waals surface area contributed by atoms with E-state index in [0.717, 1.165) is 41.7 Å². The number of nitrogens with one attached hydrogen (secondary N) is 1. The fourth-order valence-corrected chi connectivity index (χ4v) is 4.85. The quantitative estimate of drug-likeness (QED) is 0.234. The Morgan fingerprint density at radius 2 is 1.92 bits per heavy atom. The first-order chi connectivity index (χ1) is 17.2. The van der Waals surface area contributed by atoms with Crippen LogP contribution in [0.25, 0.3) is 11.0 Å². The molecule has 0 aliphatic carbocycles. The maximum absolute atomic E-state index is 13.2. The highest BCUT2D eigenvalue weighted by Gasteiger charge is 2.23. The van der Waals surface area contributed by atoms with Crippen LogP contribution in [-0.4, -0.2) is 25.3 Å². The Balaban J connectivity index is 0.00000304. The van der Waals surface area contributed by atoms with Gasteiger partial charge in [-0.05, 0) is 48.6 Å². The average molecular weight is 499 g/mol. The molecule has 2 aromatic carbocycles. The molecule has 3 aromatic heterocycles. The minimum Gasteiger partial charge on any atom is -0.348 e. The van der Waals surface area contributed by atoms with E-state index in [1.165, 1.54) is 16.7 Å². The standard InChI is InChI=1S/C30H30N4O.ClH/c1-22-8-5-11-24(16-22)28(17-26(35)13-6-12-25-18-31-21-33-25)29-20-34(19-23-9-3-2-4-10-23)30-27(29)14-7-15-32-30;/h2-5,7-11,14-16,18,20-21,28H,6,12-13,17,19H2,1H3,(H,31,33);1H. The number of imidazole rings is 1. The van der Waals surface area contributed by atoms with E-state index in [1.54, 1.807) is 6.33 Å². The Morgan fingerprint density at radius 3 is 2.69 bits per heavy atom. The number of rotatable bonds is 10. The summed E-state index contributed by atoms with van der Waals surface area (Å²) in [6.45, 7) is 2.85. The van der Waals surface area contributed by atoms with Gasteiger partial charge in [-0.2, -0.15) is 0 Å². The molecule has 0 saturated carbocycles. The van der Waals surface area contributed by atoms with Gasteiger partial charge in [0.2, 0.25) is 0 Å². The molecule has 1 N–H and O–H groups in total. The zero-order chi connectivity index (χ0) is 24.0. The summed E-state index contributed by atoms with van der Waals surface area (Å²) >= 11 is 0. The maximum atomic E-state index is 13.2. The Hall–Kier alpha value is -3.70. The lowest BCUT2D eigenvalue weighted by molar-refractivity contribution is -0.119. The molecule has 1 unspecified atom stereocenters. The van der Waals surface area contributed by atoms with Crippen LogP contribution in [0.1, 0.15) is 53.1 Å². The molecule has 5 rings (SSSR count). The summed E-state index contributed by atoms with van der Waals surface area (Å²) in [6.07, 6.45) is 10.2. The SMILES string of the molecule is Cc1cccc(C(CC(=O)CCCc2cnc[nH]2)c2cn(Cc3ccccc3)c3ncccc23)c1.Cl. The summed E-state index contributed by atoms with van der Waals surface area (Å²) in [7, 11) is 0. The topological polar surface area (TPSA) is 63.6 Å². The van der Waals surface area contributed by atoms with Gasteiger partial charge in [-0.1, -0.05) is 60.2 Å². The minimum absolute atomic E-state index is 0. The number of halogens is 1. The number of aromatic nitrogens is 4. The highest BCUT2D eigenvalue weighted by atomic mass is 35.5. The van der Waals surface area contributed by atoms with Gasteiger partial charge >= 0.3 is 0 Å². The van der Waals surface area contributed by atoms with Gasteiger partial charge in [0.1, 0.15) is 11.4 Å². The molecule has 0 fully saturated rings. The number of H-pyrrole nitrogens is 1. The third kappa shape index (κ3) is 5.92. The van der Waals surface area contributed by atoms with Gasteiger partial charge in [0.05, 0.1) is 6.33 Å². The van der Waals surface area contributed by atoms with Gasteiger partial charge in [0, 0.05) is 55.0 Å². The monoisotopic (exact) mass is 498 g/mol. The molecule has 0 aliphatic rings. The van der Waals surface area contributed by atoms with Gasteiger partial charge in [0.15, 0.2) is 0 Å². The number of carbonyl (C=O) groups is 1. The number of ketones is 1. The molecule has 0 bridgehead atoms. The van der Waals surface area contributed by atoms with Crippen LogP contribution in [0, 0.1) is 6.92 Å². The number of aromatic amines is 1. The maximum Gasteiger partial charge on any atom is 0.140 e. The van der Waals surface area contributed by atoms with Crippen molar-refractivity contribution in [2.75, 3.05) is 0 Å². The van der Waals surface area contributed by atoms with Crippen molar-refractivity contribution < 1.29 is 4.79 Å². The number of pyridine rings is 1. The van der Waals surface area contributed by atoms with Crippen LogP contribution in [0.3, 0.4) is 0 Å². The van der Waals surface area contributed by atoms with Crippen LogP contribution >= 0.6 is 12.4 Å². The third-order valence-electron chi connectivity index (χ3n) is 6.57. The number of carbonyl (C=O) groups excluding carboxylic acids is 1. The van der Waals surface area contributed by atoms with Crippen molar-refractivity contribution in [2.24, 2.45) is 0 Å². The lowest BCUT2D eigenvalue weighted by Gasteiger charge is -2.17. The smallest absolute Gasteiger partial charge is 0.140 e. The predicted octanol–water partition coefficient (Wildman–Crippen LogP) is 6.65. The number of hydrogen-bond acceptors (Lipinski definition) is 3.